The van der Waals surface area contributed by atoms with Crippen LogP contribution in [0.4, 0.5) is 0 Å². The van der Waals surface area contributed by atoms with Crippen LogP contribution in [0.25, 0.3) is 0 Å². The van der Waals surface area contributed by atoms with Crippen molar-refractivity contribution in [1.29, 1.82) is 0 Å². The van der Waals surface area contributed by atoms with Gasteiger partial charge in [0, 0.05) is 0 Å². The molecule has 0 rings (SSSR count). The minimum atomic E-state index is 0.649. The van der Waals surface area contributed by atoms with E-state index in [1.165, 1.54) is 77.0 Å². The minimum absolute atomic E-state index is 0.649. The summed E-state index contributed by atoms with van der Waals surface area (Å²) < 4.78 is 0. The van der Waals surface area contributed by atoms with Crippen LogP contribution in [0, 0.1) is 5.41 Å². The van der Waals surface area contributed by atoms with Gasteiger partial charge in [-0.3, -0.25) is 0 Å². The lowest BCUT2D eigenvalue weighted by atomic mass is 9.76. The van der Waals surface area contributed by atoms with E-state index in [1.54, 1.807) is 0 Å². The van der Waals surface area contributed by atoms with Crippen molar-refractivity contribution >= 4 is 0 Å². The lowest BCUT2D eigenvalue weighted by molar-refractivity contribution is 0.229. The highest BCUT2D eigenvalue weighted by atomic mass is 14.3. The van der Waals surface area contributed by atoms with Crippen molar-refractivity contribution in [2.45, 2.75) is 105 Å². The maximum atomic E-state index is 2.54. The molecule has 0 aliphatic heterocycles. The summed E-state index contributed by atoms with van der Waals surface area (Å²) >= 11 is 0. The zero-order valence-corrected chi connectivity index (χ0v) is 13.0. The number of hydrogen-bond acceptors (Lipinski definition) is 0. The predicted octanol–water partition coefficient (Wildman–Crippen LogP) is 6.73. The maximum Gasteiger partial charge on any atom is -0.0326 e. The molecular formula is C17H36. The molecule has 0 aromatic rings. The summed E-state index contributed by atoms with van der Waals surface area (Å²) in [7, 11) is 0. The molecule has 0 heteroatoms. The Bertz CT molecular complexity index is 136. The van der Waals surface area contributed by atoms with Gasteiger partial charge < -0.3 is 0 Å². The number of unbranched alkanes of at least 4 members (excludes halogenated alkanes) is 6. The first kappa shape index (κ1) is 17.0. The molecule has 17 heavy (non-hydrogen) atoms. The van der Waals surface area contributed by atoms with Crippen LogP contribution in [0.3, 0.4) is 0 Å². The Labute approximate surface area is 111 Å². The van der Waals surface area contributed by atoms with Crippen LogP contribution in [0.2, 0.25) is 0 Å². The summed E-state index contributed by atoms with van der Waals surface area (Å²) in [6.07, 6.45) is 17.1. The molecule has 0 aromatic carbocycles. The maximum absolute atomic E-state index is 2.54. The van der Waals surface area contributed by atoms with Gasteiger partial charge in [-0.05, 0) is 24.7 Å². The second kappa shape index (κ2) is 11.1. The molecule has 0 fully saturated rings. The molecule has 0 N–H and O–H groups in total. The summed E-state index contributed by atoms with van der Waals surface area (Å²) in [5.41, 5.74) is 0.649. The highest BCUT2D eigenvalue weighted by Crippen LogP contribution is 2.35. The quantitative estimate of drug-likeness (QED) is 0.332. The first-order valence-corrected chi connectivity index (χ1v) is 8.18. The third kappa shape index (κ3) is 9.68. The van der Waals surface area contributed by atoms with Gasteiger partial charge in [-0.2, -0.15) is 0 Å². The van der Waals surface area contributed by atoms with E-state index < -0.39 is 0 Å². The molecular weight excluding hydrogens is 204 g/mol. The predicted molar refractivity (Wildman–Crippen MR) is 80.5 cm³/mol. The van der Waals surface area contributed by atoms with Gasteiger partial charge in [0.05, 0.1) is 0 Å². The molecule has 0 amide bonds. The zero-order chi connectivity index (χ0) is 13.0. The summed E-state index contributed by atoms with van der Waals surface area (Å²) in [5, 5.41) is 0. The van der Waals surface area contributed by atoms with Crippen molar-refractivity contribution in [3.05, 3.63) is 0 Å². The molecule has 0 aliphatic rings. The van der Waals surface area contributed by atoms with Gasteiger partial charge >= 0.3 is 0 Å². The fourth-order valence-corrected chi connectivity index (χ4v) is 2.94. The van der Waals surface area contributed by atoms with Gasteiger partial charge in [0.25, 0.3) is 0 Å². The van der Waals surface area contributed by atoms with Crippen LogP contribution in [0.5, 0.6) is 0 Å². The van der Waals surface area contributed by atoms with E-state index in [1.807, 2.05) is 0 Å². The van der Waals surface area contributed by atoms with E-state index in [0.717, 1.165) is 0 Å². The SMILES string of the molecule is CCCCCCC(C)(CCC)CCCCCC. The Morgan fingerprint density at radius 2 is 1.00 bits per heavy atom. The average molecular weight is 240 g/mol. The molecule has 0 heterocycles. The van der Waals surface area contributed by atoms with Crippen molar-refractivity contribution in [2.75, 3.05) is 0 Å². The highest BCUT2D eigenvalue weighted by molar-refractivity contribution is 4.74. The molecule has 0 bridgehead atoms. The monoisotopic (exact) mass is 240 g/mol. The lowest BCUT2D eigenvalue weighted by Crippen LogP contribution is -2.16. The van der Waals surface area contributed by atoms with Gasteiger partial charge in [-0.25, -0.2) is 0 Å². The fraction of sp³-hybridized carbons (Fsp3) is 1.00. The van der Waals surface area contributed by atoms with E-state index in [9.17, 15) is 0 Å². The third-order valence-corrected chi connectivity index (χ3v) is 4.12. The summed E-state index contributed by atoms with van der Waals surface area (Å²) in [6, 6.07) is 0. The molecule has 0 saturated carbocycles. The Hall–Kier alpha value is 0. The zero-order valence-electron chi connectivity index (χ0n) is 13.0. The van der Waals surface area contributed by atoms with Crippen LogP contribution in [-0.2, 0) is 0 Å². The van der Waals surface area contributed by atoms with E-state index >= 15 is 0 Å². The topological polar surface area (TPSA) is 0 Å². The van der Waals surface area contributed by atoms with Crippen molar-refractivity contribution in [2.24, 2.45) is 5.41 Å². The Morgan fingerprint density at radius 3 is 1.35 bits per heavy atom. The van der Waals surface area contributed by atoms with Crippen LogP contribution < -0.4 is 0 Å². The lowest BCUT2D eigenvalue weighted by Gasteiger charge is -2.29. The number of hydrogen-bond donors (Lipinski definition) is 0. The van der Waals surface area contributed by atoms with Crippen LogP contribution >= 0.6 is 0 Å². The highest BCUT2D eigenvalue weighted by Gasteiger charge is 2.21. The summed E-state index contributed by atoms with van der Waals surface area (Å²) in [4.78, 5) is 0. The first-order chi connectivity index (χ1) is 8.18. The molecule has 0 nitrogen and oxygen atoms in total. The molecule has 0 aromatic heterocycles. The molecule has 0 saturated heterocycles. The third-order valence-electron chi connectivity index (χ3n) is 4.12. The molecule has 0 aliphatic carbocycles. The standard InChI is InChI=1S/C17H36/c1-5-8-10-12-15-17(4,14-7-3)16-13-11-9-6-2/h5-16H2,1-4H3. The second-order valence-electron chi connectivity index (χ2n) is 6.18. The molecule has 0 atom stereocenters. The van der Waals surface area contributed by atoms with Gasteiger partial charge in [-0.1, -0.05) is 85.5 Å². The Kier molecular flexibility index (Phi) is 11.1. The van der Waals surface area contributed by atoms with Gasteiger partial charge in [0.15, 0.2) is 0 Å². The number of rotatable bonds is 12. The smallest absolute Gasteiger partial charge is 0.0326 e. The normalized spacial score (nSPS) is 12.0. The average Bonchev–Trinajstić information content (AvgIpc) is 2.31. The molecule has 0 radical (unpaired) electrons. The van der Waals surface area contributed by atoms with Crippen LogP contribution in [0.1, 0.15) is 105 Å². The van der Waals surface area contributed by atoms with E-state index in [4.69, 9.17) is 0 Å². The van der Waals surface area contributed by atoms with Crippen molar-refractivity contribution < 1.29 is 0 Å². The van der Waals surface area contributed by atoms with Crippen LogP contribution in [-0.4, -0.2) is 0 Å². The summed E-state index contributed by atoms with van der Waals surface area (Å²) in [6.45, 7) is 9.48. The van der Waals surface area contributed by atoms with Gasteiger partial charge in [0.1, 0.15) is 0 Å². The van der Waals surface area contributed by atoms with Crippen molar-refractivity contribution in [3.63, 3.8) is 0 Å². The van der Waals surface area contributed by atoms with Crippen LogP contribution in [0.15, 0.2) is 0 Å². The Morgan fingerprint density at radius 1 is 0.529 bits per heavy atom. The first-order valence-electron chi connectivity index (χ1n) is 8.18. The van der Waals surface area contributed by atoms with E-state index in [2.05, 4.69) is 27.7 Å². The summed E-state index contributed by atoms with van der Waals surface area (Å²) in [5.74, 6) is 0. The van der Waals surface area contributed by atoms with Gasteiger partial charge in [0.2, 0.25) is 0 Å². The minimum Gasteiger partial charge on any atom is -0.0654 e. The van der Waals surface area contributed by atoms with Gasteiger partial charge in [-0.15, -0.1) is 0 Å². The van der Waals surface area contributed by atoms with E-state index in [0.29, 0.717) is 5.41 Å². The Balaban J connectivity index is 3.80. The van der Waals surface area contributed by atoms with Crippen molar-refractivity contribution in [3.8, 4) is 0 Å². The molecule has 0 unspecified atom stereocenters. The molecule has 104 valence electrons. The second-order valence-corrected chi connectivity index (χ2v) is 6.18. The fourth-order valence-electron chi connectivity index (χ4n) is 2.94. The van der Waals surface area contributed by atoms with E-state index in [-0.39, 0.29) is 0 Å². The molecule has 0 spiro atoms. The van der Waals surface area contributed by atoms with Crippen molar-refractivity contribution in [1.82, 2.24) is 0 Å². The largest absolute Gasteiger partial charge is 0.0654 e.